The first-order chi connectivity index (χ1) is 23.1. The van der Waals surface area contributed by atoms with E-state index in [1.807, 2.05) is 90.5 Å². The Labute approximate surface area is 404 Å². The summed E-state index contributed by atoms with van der Waals surface area (Å²) in [4.78, 5) is 27.2. The second kappa shape index (κ2) is 62.9. The molecule has 0 aliphatic carbocycles. The van der Waals surface area contributed by atoms with Gasteiger partial charge < -0.3 is 22.3 Å². The standard InChI is InChI=1S/C8H10.2C7H9N.C6H8N2.C5H7N3.C3H8.2C2H6.3CH3.3Y/c1-2-8-6-4-3-5-7-8;1-2-7-3-5-8-6-4-7;1-2-7-4-3-5-8-6-7;1-2-6-7-4-3-5-8-6;1-2-5-7-3-6-4-8-5;1-3-2;2*1-2;;;;;;/h3-7H,2H2,1H3;2*3-6H,2H2,1H3;3-5H,2H2,1H3;3-4H,2H2,1H3;3H2,1-2H3;2*1-2H3;3*1H3;;;/q;;;;;;;;3*-1;;;. The summed E-state index contributed by atoms with van der Waals surface area (Å²) in [5.41, 5.74) is 4.06. The molecule has 53 heavy (non-hydrogen) atoms. The fraction of sp³-hybridized carbons (Fsp3) is 0.395. The molecule has 0 spiro atoms. The molecular formula is C43H72N7Y3-3. The van der Waals surface area contributed by atoms with Gasteiger partial charge in [0.2, 0.25) is 0 Å². The molecule has 0 N–H and O–H groups in total. The van der Waals surface area contributed by atoms with Crippen LogP contribution in [0.1, 0.15) is 111 Å². The van der Waals surface area contributed by atoms with Gasteiger partial charge in [-0.05, 0) is 60.2 Å². The summed E-state index contributed by atoms with van der Waals surface area (Å²) in [6, 6.07) is 20.4. The Morgan fingerprint density at radius 3 is 1.06 bits per heavy atom. The van der Waals surface area contributed by atoms with Crippen molar-refractivity contribution in [1.82, 2.24) is 34.9 Å². The minimum Gasteiger partial charge on any atom is -0.358 e. The van der Waals surface area contributed by atoms with Crippen molar-refractivity contribution in [2.75, 3.05) is 0 Å². The van der Waals surface area contributed by atoms with E-state index in [-0.39, 0.29) is 120 Å². The zero-order valence-corrected chi connectivity index (χ0v) is 44.5. The van der Waals surface area contributed by atoms with E-state index >= 15 is 0 Å². The Bertz CT molecular complexity index is 998. The van der Waals surface area contributed by atoms with Crippen molar-refractivity contribution in [2.24, 2.45) is 0 Å². The number of benzene rings is 1. The van der Waals surface area contributed by atoms with E-state index in [2.05, 4.69) is 99.8 Å². The molecule has 0 aliphatic heterocycles. The molecule has 4 heterocycles. The number of rotatable bonds is 5. The van der Waals surface area contributed by atoms with Gasteiger partial charge in [0.15, 0.2) is 0 Å². The van der Waals surface area contributed by atoms with E-state index < -0.39 is 0 Å². The van der Waals surface area contributed by atoms with Crippen LogP contribution < -0.4 is 0 Å². The van der Waals surface area contributed by atoms with Crippen molar-refractivity contribution in [1.29, 1.82) is 0 Å². The summed E-state index contributed by atoms with van der Waals surface area (Å²) >= 11 is 0. The van der Waals surface area contributed by atoms with Crippen LogP contribution >= 0.6 is 0 Å². The van der Waals surface area contributed by atoms with Crippen molar-refractivity contribution in [2.45, 2.75) is 115 Å². The third kappa shape index (κ3) is 50.9. The summed E-state index contributed by atoms with van der Waals surface area (Å²) in [6.45, 7) is 22.7. The SMILES string of the molecule is CC.CC.CCC.CCc1ccccc1.CCc1cccnc1.CCc1ccncc1.CCc1ncccn1.CCc1ncncn1.[CH3-].[CH3-].[CH3-].[Y].[Y].[Y]. The smallest absolute Gasteiger partial charge is 0.131 e. The molecule has 0 amide bonds. The number of hydrogen-bond donors (Lipinski definition) is 0. The number of hydrogen-bond acceptors (Lipinski definition) is 7. The predicted molar refractivity (Wildman–Crippen MR) is 222 cm³/mol. The fourth-order valence-electron chi connectivity index (χ4n) is 2.90. The molecule has 4 aromatic heterocycles. The van der Waals surface area contributed by atoms with Gasteiger partial charge in [-0.3, -0.25) is 9.97 Å². The van der Waals surface area contributed by atoms with Gasteiger partial charge in [-0.15, -0.1) is 0 Å². The molecule has 0 saturated heterocycles. The Kier molecular flexibility index (Phi) is 86.7. The largest absolute Gasteiger partial charge is 0.358 e. The zero-order valence-electron chi connectivity index (χ0n) is 36.0. The first-order valence-corrected chi connectivity index (χ1v) is 17.3. The van der Waals surface area contributed by atoms with Crippen LogP contribution in [0.3, 0.4) is 0 Å². The fourth-order valence-corrected chi connectivity index (χ4v) is 2.90. The van der Waals surface area contributed by atoms with Crippen LogP contribution in [-0.4, -0.2) is 34.9 Å². The maximum absolute atomic E-state index is 3.99. The predicted octanol–water partition coefficient (Wildman–Crippen LogP) is 11.8. The van der Waals surface area contributed by atoms with Crippen LogP contribution in [0.2, 0.25) is 0 Å². The average molecular weight is 954 g/mol. The topological polar surface area (TPSA) is 90.2 Å². The van der Waals surface area contributed by atoms with E-state index in [9.17, 15) is 0 Å². The molecule has 5 rings (SSSR count). The molecule has 0 bridgehead atoms. The van der Waals surface area contributed by atoms with Crippen molar-refractivity contribution >= 4 is 0 Å². The molecule has 0 aliphatic rings. The molecule has 0 atom stereocenters. The van der Waals surface area contributed by atoms with E-state index in [1.54, 1.807) is 18.6 Å². The van der Waals surface area contributed by atoms with Crippen LogP contribution in [0.25, 0.3) is 0 Å². The van der Waals surface area contributed by atoms with Crippen molar-refractivity contribution in [3.63, 3.8) is 0 Å². The van der Waals surface area contributed by atoms with Gasteiger partial charge in [0.1, 0.15) is 24.3 Å². The summed E-state index contributed by atoms with van der Waals surface area (Å²) in [7, 11) is 0. The summed E-state index contributed by atoms with van der Waals surface area (Å²) in [5, 5.41) is 0. The van der Waals surface area contributed by atoms with E-state index in [0.29, 0.717) is 0 Å². The van der Waals surface area contributed by atoms with Crippen LogP contribution in [-0.2, 0) is 130 Å². The Balaban J connectivity index is -0.0000000609. The summed E-state index contributed by atoms with van der Waals surface area (Å²) < 4.78 is 0. The molecule has 7 nitrogen and oxygen atoms in total. The molecular weight excluding hydrogens is 881 g/mol. The van der Waals surface area contributed by atoms with Gasteiger partial charge in [-0.2, -0.15) is 0 Å². The molecule has 10 heteroatoms. The van der Waals surface area contributed by atoms with Gasteiger partial charge in [0.25, 0.3) is 0 Å². The summed E-state index contributed by atoms with van der Waals surface area (Å²) in [6.07, 6.45) is 20.2. The second-order valence-corrected chi connectivity index (χ2v) is 8.90. The van der Waals surface area contributed by atoms with Gasteiger partial charge in [-0.1, -0.05) is 119 Å². The molecule has 0 fully saturated rings. The quantitative estimate of drug-likeness (QED) is 0.162. The number of pyridine rings is 2. The Hall–Kier alpha value is -1.08. The number of nitrogens with zero attached hydrogens (tertiary/aromatic N) is 7. The first-order valence-electron chi connectivity index (χ1n) is 17.3. The van der Waals surface area contributed by atoms with E-state index in [4.69, 9.17) is 0 Å². The van der Waals surface area contributed by atoms with Crippen molar-refractivity contribution in [3.8, 4) is 0 Å². The van der Waals surface area contributed by atoms with Crippen LogP contribution in [0.4, 0.5) is 0 Å². The van der Waals surface area contributed by atoms with Crippen molar-refractivity contribution < 1.29 is 98.1 Å². The monoisotopic (exact) mass is 953 g/mol. The van der Waals surface area contributed by atoms with Gasteiger partial charge >= 0.3 is 0 Å². The molecule has 291 valence electrons. The number of aromatic nitrogens is 7. The van der Waals surface area contributed by atoms with Gasteiger partial charge in [0, 0.05) is 148 Å². The maximum atomic E-state index is 3.99. The molecule has 5 aromatic rings. The van der Waals surface area contributed by atoms with Crippen LogP contribution in [0.15, 0.2) is 110 Å². The zero-order chi connectivity index (χ0) is 35.8. The molecule has 0 saturated carbocycles. The number of aryl methyl sites for hydroxylation is 5. The summed E-state index contributed by atoms with van der Waals surface area (Å²) in [5.74, 6) is 1.76. The van der Waals surface area contributed by atoms with Gasteiger partial charge in [-0.25, -0.2) is 24.9 Å². The Morgan fingerprint density at radius 2 is 0.774 bits per heavy atom. The average Bonchev–Trinajstić information content (AvgIpc) is 3.19. The minimum atomic E-state index is 0. The van der Waals surface area contributed by atoms with E-state index in [0.717, 1.165) is 43.8 Å². The van der Waals surface area contributed by atoms with Crippen LogP contribution in [0.5, 0.6) is 0 Å². The van der Waals surface area contributed by atoms with Crippen molar-refractivity contribution in [3.05, 3.63) is 161 Å². The van der Waals surface area contributed by atoms with Crippen LogP contribution in [0, 0.1) is 22.3 Å². The molecule has 3 radical (unpaired) electrons. The second-order valence-electron chi connectivity index (χ2n) is 8.90. The maximum Gasteiger partial charge on any atom is 0.131 e. The third-order valence-electron chi connectivity index (χ3n) is 5.34. The molecule has 1 aromatic carbocycles. The molecule has 0 unspecified atom stereocenters. The first kappa shape index (κ1) is 73.1. The van der Waals surface area contributed by atoms with Gasteiger partial charge in [0.05, 0.1) is 0 Å². The third-order valence-corrected chi connectivity index (χ3v) is 5.34. The normalized spacial score (nSPS) is 7.45. The van der Waals surface area contributed by atoms with E-state index in [1.165, 1.54) is 35.8 Å². The Morgan fingerprint density at radius 1 is 0.377 bits per heavy atom. The minimum absolute atomic E-state index is 0.